The molecule has 0 aliphatic rings. The van der Waals surface area contributed by atoms with Gasteiger partial charge in [0, 0.05) is 117 Å². The lowest BCUT2D eigenvalue weighted by molar-refractivity contribution is -0.119. The summed E-state index contributed by atoms with van der Waals surface area (Å²) in [6, 6.07) is 20.7. The Kier molecular flexibility index (Phi) is 21.2. The first-order valence-corrected chi connectivity index (χ1v) is 28.7. The van der Waals surface area contributed by atoms with Crippen molar-refractivity contribution in [3.05, 3.63) is 71.8 Å². The average molecular weight is 976 g/mol. The van der Waals surface area contributed by atoms with Crippen LogP contribution in [0.1, 0.15) is 134 Å². The number of nitrogens with zero attached hydrogens (tertiary/aromatic N) is 3. The maximum Gasteiger partial charge on any atom is 0.500 e. The number of phenols is 1. The molecule has 0 radical (unpaired) electrons. The fourth-order valence-electron chi connectivity index (χ4n) is 8.52. The van der Waals surface area contributed by atoms with E-state index in [-0.39, 0.29) is 28.4 Å². The molecule has 4 rings (SSSR count). The fourth-order valence-corrected chi connectivity index (χ4v) is 13.7. The van der Waals surface area contributed by atoms with Crippen molar-refractivity contribution in [1.29, 1.82) is 0 Å². The van der Waals surface area contributed by atoms with Gasteiger partial charge >= 0.3 is 17.6 Å². The first-order valence-electron chi connectivity index (χ1n) is 24.8. The Morgan fingerprint density at radius 3 is 1.24 bits per heavy atom. The van der Waals surface area contributed by atoms with E-state index in [0.29, 0.717) is 108 Å². The molecule has 4 aromatic rings. The molecule has 0 spiro atoms. The molecule has 3 aromatic carbocycles. The number of hydrogen-bond acceptors (Lipinski definition) is 11. The lowest BCUT2D eigenvalue weighted by atomic mass is 9.78. The summed E-state index contributed by atoms with van der Waals surface area (Å²) in [6.45, 7) is 31.9. The minimum absolute atomic E-state index is 0.00288. The number of benzene rings is 3. The van der Waals surface area contributed by atoms with Crippen LogP contribution in [-0.2, 0) is 47.0 Å². The molecule has 2 amide bonds. The molecule has 0 unspecified atom stereocenters. The van der Waals surface area contributed by atoms with Crippen molar-refractivity contribution in [2.24, 2.45) is 0 Å². The molecular formula is C53H81N3O10Si2. The number of carbonyl (C=O) groups is 2. The zero-order valence-electron chi connectivity index (χ0n) is 43.6. The predicted octanol–water partition coefficient (Wildman–Crippen LogP) is 12.3. The number of anilines is 2. The van der Waals surface area contributed by atoms with Gasteiger partial charge in [-0.2, -0.15) is 0 Å². The van der Waals surface area contributed by atoms with Gasteiger partial charge in [0.2, 0.25) is 17.7 Å². The van der Waals surface area contributed by atoms with Gasteiger partial charge in [-0.25, -0.2) is 4.98 Å². The van der Waals surface area contributed by atoms with Gasteiger partial charge in [0.15, 0.2) is 5.76 Å². The smallest absolute Gasteiger partial charge is 0.500 e. The summed E-state index contributed by atoms with van der Waals surface area (Å²) >= 11 is 0. The highest BCUT2D eigenvalue weighted by molar-refractivity contribution is 6.61. The van der Waals surface area contributed by atoms with E-state index in [1.165, 1.54) is 0 Å². The van der Waals surface area contributed by atoms with Crippen LogP contribution in [0.2, 0.25) is 12.1 Å². The third kappa shape index (κ3) is 14.4. The average Bonchev–Trinajstić information content (AvgIpc) is 3.73. The molecule has 0 aliphatic carbocycles. The summed E-state index contributed by atoms with van der Waals surface area (Å²) in [7, 11) is -5.75. The largest absolute Gasteiger partial charge is 0.507 e. The van der Waals surface area contributed by atoms with Crippen LogP contribution in [0.15, 0.2) is 65.1 Å². The third-order valence-electron chi connectivity index (χ3n) is 11.7. The van der Waals surface area contributed by atoms with Gasteiger partial charge < -0.3 is 45.9 Å². The van der Waals surface area contributed by atoms with Crippen LogP contribution in [0.3, 0.4) is 0 Å². The van der Waals surface area contributed by atoms with E-state index in [9.17, 15) is 14.7 Å². The number of carbonyl (C=O) groups excluding carboxylic acids is 2. The summed E-state index contributed by atoms with van der Waals surface area (Å²) in [6.07, 6.45) is 1.81. The van der Waals surface area contributed by atoms with Gasteiger partial charge in [0.1, 0.15) is 11.4 Å². The van der Waals surface area contributed by atoms with E-state index in [1.54, 1.807) is 9.80 Å². The second kappa shape index (κ2) is 25.6. The molecule has 0 saturated carbocycles. The highest BCUT2D eigenvalue weighted by atomic mass is 28.4. The highest BCUT2D eigenvalue weighted by Crippen LogP contribution is 2.44. The molecule has 1 N–H and O–H groups in total. The Morgan fingerprint density at radius 1 is 0.559 bits per heavy atom. The molecule has 0 aliphatic heterocycles. The highest BCUT2D eigenvalue weighted by Gasteiger charge is 2.41. The zero-order chi connectivity index (χ0) is 50.3. The Bertz CT molecular complexity index is 2020. The molecule has 1 aromatic heterocycles. The molecule has 15 heteroatoms. The van der Waals surface area contributed by atoms with E-state index < -0.39 is 17.6 Å². The SMILES string of the molecule is CCO[Si](CCCC(=O)N(CC)c1ccc(-c2nc(-c3cc(C(C)(C)C)c(O)c(C(C)(C)C)c3)oc2-c2ccc(N(CC)C(=O)CCC[Si](OCC)(OCC)OCC)cc2)cc1)(OCC)OCC. The zero-order valence-corrected chi connectivity index (χ0v) is 45.6. The first-order chi connectivity index (χ1) is 32.3. The van der Waals surface area contributed by atoms with Crippen molar-refractivity contribution in [2.45, 2.75) is 146 Å². The van der Waals surface area contributed by atoms with E-state index in [4.69, 9.17) is 36.0 Å². The maximum absolute atomic E-state index is 13.7. The Labute approximate surface area is 409 Å². The van der Waals surface area contributed by atoms with Crippen LogP contribution < -0.4 is 9.80 Å². The number of aromatic hydroxyl groups is 1. The van der Waals surface area contributed by atoms with Crippen molar-refractivity contribution in [1.82, 2.24) is 4.98 Å². The minimum atomic E-state index is -2.88. The molecule has 0 fully saturated rings. The van der Waals surface area contributed by atoms with Crippen LogP contribution in [0, 0.1) is 0 Å². The second-order valence-electron chi connectivity index (χ2n) is 18.7. The summed E-state index contributed by atoms with van der Waals surface area (Å²) in [5.74, 6) is 1.24. The second-order valence-corrected chi connectivity index (χ2v) is 24.1. The standard InChI is InChI=1S/C53H81N3O10Si2/c1-15-55(46(57)25-23-35-67(60-17-3,61-18-4)62-19-5)42-31-27-39(28-32-42)48-50(66-51(54-48)41-37-44(52(9,10)11)49(59)45(38-41)53(12,13)14)40-29-33-43(34-30-40)56(16-2)47(58)26-24-36-68(63-20-6,64-21-7)65-22-8/h27-34,37-38,59H,15-26,35-36H2,1-14H3. The number of aromatic nitrogens is 1. The Hall–Kier alpha value is -4.20. The summed E-state index contributed by atoms with van der Waals surface area (Å²) in [5.41, 5.74) is 5.35. The number of phenolic OH excluding ortho intramolecular Hbond substituents is 1. The minimum Gasteiger partial charge on any atom is -0.507 e. The van der Waals surface area contributed by atoms with E-state index in [2.05, 4.69) is 41.5 Å². The van der Waals surface area contributed by atoms with E-state index in [0.717, 1.165) is 39.2 Å². The molecule has 0 saturated heterocycles. The maximum atomic E-state index is 13.7. The monoisotopic (exact) mass is 976 g/mol. The first kappa shape index (κ1) is 56.4. The number of hydrogen-bond donors (Lipinski definition) is 1. The van der Waals surface area contributed by atoms with Gasteiger partial charge in [0.05, 0.1) is 0 Å². The molecule has 1 heterocycles. The summed E-state index contributed by atoms with van der Waals surface area (Å²) in [4.78, 5) is 36.3. The molecule has 68 heavy (non-hydrogen) atoms. The number of oxazole rings is 1. The summed E-state index contributed by atoms with van der Waals surface area (Å²) < 4.78 is 43.0. The summed E-state index contributed by atoms with van der Waals surface area (Å²) in [5, 5.41) is 11.6. The molecule has 0 bridgehead atoms. The van der Waals surface area contributed by atoms with Crippen molar-refractivity contribution in [3.63, 3.8) is 0 Å². The van der Waals surface area contributed by atoms with Crippen molar-refractivity contribution in [2.75, 3.05) is 62.5 Å². The lowest BCUT2D eigenvalue weighted by Gasteiger charge is -2.28. The molecule has 376 valence electrons. The fraction of sp³-hybridized carbons (Fsp3) is 0.566. The van der Waals surface area contributed by atoms with Crippen LogP contribution in [0.5, 0.6) is 5.75 Å². The van der Waals surface area contributed by atoms with Crippen LogP contribution in [0.4, 0.5) is 11.4 Å². The predicted molar refractivity (Wildman–Crippen MR) is 277 cm³/mol. The number of rotatable bonds is 27. The van der Waals surface area contributed by atoms with Gasteiger partial charge in [-0.05, 0) is 128 Å². The van der Waals surface area contributed by atoms with E-state index >= 15 is 0 Å². The van der Waals surface area contributed by atoms with Gasteiger partial charge in [-0.3, -0.25) is 9.59 Å². The van der Waals surface area contributed by atoms with Gasteiger partial charge in [-0.15, -0.1) is 0 Å². The van der Waals surface area contributed by atoms with Gasteiger partial charge in [0.25, 0.3) is 0 Å². The molecule has 0 atom stereocenters. The van der Waals surface area contributed by atoms with Crippen molar-refractivity contribution in [3.8, 4) is 39.8 Å². The quantitative estimate of drug-likeness (QED) is 0.0571. The third-order valence-corrected chi connectivity index (χ3v) is 18.0. The lowest BCUT2D eigenvalue weighted by Crippen LogP contribution is -2.46. The topological polar surface area (TPSA) is 142 Å². The molecular weight excluding hydrogens is 895 g/mol. The van der Waals surface area contributed by atoms with Gasteiger partial charge in [-0.1, -0.05) is 53.7 Å². The van der Waals surface area contributed by atoms with Crippen molar-refractivity contribution >= 4 is 40.8 Å². The number of amides is 2. The molecule has 13 nitrogen and oxygen atoms in total. The normalized spacial score (nSPS) is 12.4. The Balaban J connectivity index is 1.72. The van der Waals surface area contributed by atoms with E-state index in [1.807, 2.05) is 116 Å². The van der Waals surface area contributed by atoms with Crippen LogP contribution >= 0.6 is 0 Å². The van der Waals surface area contributed by atoms with Crippen LogP contribution in [-0.4, -0.2) is 92.2 Å². The van der Waals surface area contributed by atoms with Crippen molar-refractivity contribution < 1.29 is 45.7 Å². The Morgan fingerprint density at radius 2 is 0.912 bits per heavy atom. The van der Waals surface area contributed by atoms with Crippen LogP contribution in [0.25, 0.3) is 34.0 Å².